The summed E-state index contributed by atoms with van der Waals surface area (Å²) in [5.74, 6) is -1.25. The molecule has 120 valence electrons. The molecule has 0 bridgehead atoms. The van der Waals surface area contributed by atoms with Gasteiger partial charge in [0.05, 0.1) is 6.54 Å². The van der Waals surface area contributed by atoms with Gasteiger partial charge in [-0.05, 0) is 12.1 Å². The van der Waals surface area contributed by atoms with E-state index < -0.39 is 30.5 Å². The van der Waals surface area contributed by atoms with Crippen LogP contribution in [-0.2, 0) is 4.79 Å². The largest absolute Gasteiger partial charge is 0.407 e. The van der Waals surface area contributed by atoms with Gasteiger partial charge in [-0.2, -0.15) is 13.2 Å². The summed E-state index contributed by atoms with van der Waals surface area (Å²) in [6, 6.07) is 1.85. The number of rotatable bonds is 4. The molecule has 0 aliphatic heterocycles. The molecule has 2 N–H and O–H groups in total. The Morgan fingerprint density at radius 3 is 2.64 bits per heavy atom. The van der Waals surface area contributed by atoms with Crippen LogP contribution in [0.4, 0.5) is 17.6 Å². The van der Waals surface area contributed by atoms with E-state index in [0.717, 1.165) is 12.3 Å². The van der Waals surface area contributed by atoms with Crippen molar-refractivity contribution in [1.82, 2.24) is 15.2 Å². The highest BCUT2D eigenvalue weighted by atomic mass is 19.4. The van der Waals surface area contributed by atoms with Gasteiger partial charge < -0.3 is 9.88 Å². The summed E-state index contributed by atoms with van der Waals surface area (Å²) in [7, 11) is 2.88. The highest BCUT2D eigenvalue weighted by Gasteiger charge is 2.42. The number of halogens is 4. The van der Waals surface area contributed by atoms with Crippen molar-refractivity contribution in [3.05, 3.63) is 35.8 Å². The van der Waals surface area contributed by atoms with Crippen molar-refractivity contribution in [2.24, 2.45) is 0 Å². The van der Waals surface area contributed by atoms with E-state index in [-0.39, 0.29) is 16.5 Å². The monoisotopic (exact) mass is 317 g/mol. The van der Waals surface area contributed by atoms with Crippen LogP contribution in [0, 0.1) is 5.82 Å². The molecule has 1 unspecified atom stereocenters. The van der Waals surface area contributed by atoms with Crippen LogP contribution in [0.2, 0.25) is 0 Å². The smallest absolute Gasteiger partial charge is 0.361 e. The van der Waals surface area contributed by atoms with Crippen LogP contribution >= 0.6 is 0 Å². The van der Waals surface area contributed by atoms with Crippen LogP contribution in [0.5, 0.6) is 0 Å². The predicted molar refractivity (Wildman–Crippen MR) is 73.7 cm³/mol. The Bertz CT molecular complexity index is 678. The molecule has 1 aromatic heterocycles. The lowest BCUT2D eigenvalue weighted by molar-refractivity contribution is -0.158. The minimum atomic E-state index is -4.66. The summed E-state index contributed by atoms with van der Waals surface area (Å²) in [5.41, 5.74) is -0.00265. The van der Waals surface area contributed by atoms with Crippen molar-refractivity contribution < 1.29 is 22.4 Å². The molecule has 0 radical (unpaired) electrons. The first-order valence-corrected chi connectivity index (χ1v) is 6.47. The molecule has 0 saturated heterocycles. The van der Waals surface area contributed by atoms with Crippen LogP contribution in [0.25, 0.3) is 10.9 Å². The van der Waals surface area contributed by atoms with Crippen LogP contribution in [0.1, 0.15) is 11.6 Å². The van der Waals surface area contributed by atoms with Gasteiger partial charge in [-0.25, -0.2) is 4.39 Å². The number of aromatic amines is 1. The number of likely N-dealkylation sites (N-methyl/N-ethyl adjacent to an activating group) is 1. The third kappa shape index (κ3) is 3.22. The molecule has 2 rings (SSSR count). The van der Waals surface area contributed by atoms with Crippen molar-refractivity contribution in [2.45, 2.75) is 12.2 Å². The van der Waals surface area contributed by atoms with Gasteiger partial charge in [0.15, 0.2) is 0 Å². The number of alkyl halides is 3. The van der Waals surface area contributed by atoms with Gasteiger partial charge in [-0.3, -0.25) is 10.1 Å². The van der Waals surface area contributed by atoms with Crippen LogP contribution < -0.4 is 5.32 Å². The van der Waals surface area contributed by atoms with E-state index in [1.807, 2.05) is 0 Å². The topological polar surface area (TPSA) is 48.1 Å². The van der Waals surface area contributed by atoms with E-state index in [4.69, 9.17) is 0 Å². The van der Waals surface area contributed by atoms with Gasteiger partial charge in [0.25, 0.3) is 0 Å². The number of hydrogen-bond donors (Lipinski definition) is 2. The molecule has 0 aliphatic rings. The van der Waals surface area contributed by atoms with Crippen molar-refractivity contribution in [3.63, 3.8) is 0 Å². The first kappa shape index (κ1) is 16.3. The van der Waals surface area contributed by atoms with E-state index in [1.165, 1.54) is 31.1 Å². The summed E-state index contributed by atoms with van der Waals surface area (Å²) in [6.07, 6.45) is -3.55. The molecular formula is C14H15F4N3O. The first-order chi connectivity index (χ1) is 10.2. The van der Waals surface area contributed by atoms with Gasteiger partial charge >= 0.3 is 6.18 Å². The van der Waals surface area contributed by atoms with Crippen LogP contribution in [-0.4, -0.2) is 42.6 Å². The molecule has 0 saturated carbocycles. The molecule has 0 fully saturated rings. The SMILES string of the molecule is CN(C)C(=O)CNC(c1c[nH]c2cccc(F)c12)C(F)(F)F. The van der Waals surface area contributed by atoms with Gasteiger partial charge in [-0.1, -0.05) is 6.07 Å². The molecule has 1 amide bonds. The normalized spacial score (nSPS) is 13.4. The number of carbonyl (C=O) groups is 1. The zero-order chi connectivity index (χ0) is 16.5. The number of aromatic nitrogens is 1. The van der Waals surface area contributed by atoms with Gasteiger partial charge in [0, 0.05) is 36.8 Å². The van der Waals surface area contributed by atoms with E-state index >= 15 is 0 Å². The fourth-order valence-electron chi connectivity index (χ4n) is 2.14. The third-order valence-corrected chi connectivity index (χ3v) is 3.28. The van der Waals surface area contributed by atoms with E-state index in [9.17, 15) is 22.4 Å². The molecular weight excluding hydrogens is 302 g/mol. The maximum atomic E-state index is 13.9. The maximum absolute atomic E-state index is 13.9. The second-order valence-electron chi connectivity index (χ2n) is 5.05. The predicted octanol–water partition coefficient (Wildman–Crippen LogP) is 2.59. The molecule has 2 aromatic rings. The summed E-state index contributed by atoms with van der Waals surface area (Å²) < 4.78 is 53.7. The summed E-state index contributed by atoms with van der Waals surface area (Å²) in [5, 5.41) is 2.03. The second-order valence-corrected chi connectivity index (χ2v) is 5.05. The lowest BCUT2D eigenvalue weighted by atomic mass is 10.0. The minimum absolute atomic E-state index is 0.130. The Morgan fingerprint density at radius 2 is 2.05 bits per heavy atom. The zero-order valence-corrected chi connectivity index (χ0v) is 12.0. The number of carbonyl (C=O) groups excluding carboxylic acids is 1. The van der Waals surface area contributed by atoms with Crippen molar-refractivity contribution in [3.8, 4) is 0 Å². The zero-order valence-electron chi connectivity index (χ0n) is 12.0. The number of benzene rings is 1. The fourth-order valence-corrected chi connectivity index (χ4v) is 2.14. The molecule has 1 aromatic carbocycles. The highest BCUT2D eigenvalue weighted by molar-refractivity contribution is 5.84. The maximum Gasteiger partial charge on any atom is 0.407 e. The Hall–Kier alpha value is -2.09. The molecule has 4 nitrogen and oxygen atoms in total. The van der Waals surface area contributed by atoms with E-state index in [1.54, 1.807) is 0 Å². The molecule has 1 heterocycles. The van der Waals surface area contributed by atoms with E-state index in [2.05, 4.69) is 10.3 Å². The highest BCUT2D eigenvalue weighted by Crippen LogP contribution is 2.37. The summed E-state index contributed by atoms with van der Waals surface area (Å²) >= 11 is 0. The number of nitrogens with one attached hydrogen (secondary N) is 2. The first-order valence-electron chi connectivity index (χ1n) is 6.47. The lowest BCUT2D eigenvalue weighted by Crippen LogP contribution is -2.40. The van der Waals surface area contributed by atoms with Gasteiger partial charge in [0.2, 0.25) is 5.91 Å². The molecule has 0 spiro atoms. The Morgan fingerprint density at radius 1 is 1.36 bits per heavy atom. The molecule has 22 heavy (non-hydrogen) atoms. The second kappa shape index (κ2) is 5.96. The Labute approximate surface area is 124 Å². The number of nitrogens with zero attached hydrogens (tertiary/aromatic N) is 1. The fraction of sp³-hybridized carbons (Fsp3) is 0.357. The number of amides is 1. The number of fused-ring (bicyclic) bond motifs is 1. The number of hydrogen-bond acceptors (Lipinski definition) is 2. The Kier molecular flexibility index (Phi) is 4.41. The minimum Gasteiger partial charge on any atom is -0.361 e. The van der Waals surface area contributed by atoms with Crippen LogP contribution in [0.3, 0.4) is 0 Å². The van der Waals surface area contributed by atoms with Gasteiger partial charge in [0.1, 0.15) is 11.9 Å². The van der Waals surface area contributed by atoms with Crippen molar-refractivity contribution in [1.29, 1.82) is 0 Å². The average molecular weight is 317 g/mol. The third-order valence-electron chi connectivity index (χ3n) is 3.28. The summed E-state index contributed by atoms with van der Waals surface area (Å²) in [6.45, 7) is -0.502. The molecule has 0 aliphatic carbocycles. The average Bonchev–Trinajstić information content (AvgIpc) is 2.82. The Balaban J connectivity index is 2.39. The molecule has 8 heteroatoms. The van der Waals surface area contributed by atoms with Crippen LogP contribution in [0.15, 0.2) is 24.4 Å². The van der Waals surface area contributed by atoms with Crippen molar-refractivity contribution >= 4 is 16.8 Å². The van der Waals surface area contributed by atoms with E-state index in [0.29, 0.717) is 0 Å². The molecule has 1 atom stereocenters. The standard InChI is InChI=1S/C14H15F4N3O/c1-21(2)11(22)7-20-13(14(16,17)18)8-6-19-10-5-3-4-9(15)12(8)10/h3-6,13,19-20H,7H2,1-2H3. The summed E-state index contributed by atoms with van der Waals surface area (Å²) in [4.78, 5) is 15.3. The lowest BCUT2D eigenvalue weighted by Gasteiger charge is -2.22. The number of H-pyrrole nitrogens is 1. The van der Waals surface area contributed by atoms with Gasteiger partial charge in [-0.15, -0.1) is 0 Å². The quantitative estimate of drug-likeness (QED) is 0.852. The van der Waals surface area contributed by atoms with Crippen molar-refractivity contribution in [2.75, 3.05) is 20.6 Å².